The monoisotopic (exact) mass is 418 g/mol. The Labute approximate surface area is 176 Å². The van der Waals surface area contributed by atoms with E-state index in [-0.39, 0.29) is 6.42 Å². The van der Waals surface area contributed by atoms with Gasteiger partial charge < -0.3 is 10.0 Å². The van der Waals surface area contributed by atoms with E-state index in [4.69, 9.17) is 16.7 Å². The maximum absolute atomic E-state index is 11.0. The first-order valence-corrected chi connectivity index (χ1v) is 10.8. The molecule has 1 N–H and O–H groups in total. The Balaban J connectivity index is 1.42. The molecule has 0 aromatic heterocycles. The number of benzene rings is 2. The fourth-order valence-electron chi connectivity index (χ4n) is 3.51. The van der Waals surface area contributed by atoms with Crippen molar-refractivity contribution in [3.63, 3.8) is 0 Å². The second-order valence-corrected chi connectivity index (χ2v) is 8.92. The van der Waals surface area contributed by atoms with Crippen LogP contribution in [0.5, 0.6) is 0 Å². The van der Waals surface area contributed by atoms with E-state index in [9.17, 15) is 4.79 Å². The van der Waals surface area contributed by atoms with Crippen LogP contribution in [0.15, 0.2) is 47.4 Å². The largest absolute Gasteiger partial charge is 0.481 e. The van der Waals surface area contributed by atoms with E-state index in [0.29, 0.717) is 0 Å². The molecule has 0 spiro atoms. The normalized spacial score (nSPS) is 15.6. The third-order valence-electron chi connectivity index (χ3n) is 4.88. The maximum Gasteiger partial charge on any atom is 0.307 e. The lowest BCUT2D eigenvalue weighted by Gasteiger charge is -2.34. The number of hydrogen-bond donors (Lipinski definition) is 1. The third-order valence-corrected chi connectivity index (χ3v) is 6.21. The molecule has 0 amide bonds. The van der Waals surface area contributed by atoms with Crippen LogP contribution in [0, 0.1) is 6.92 Å². The van der Waals surface area contributed by atoms with E-state index in [1.165, 1.54) is 5.56 Å². The number of aryl methyl sites for hydroxylation is 2. The second kappa shape index (κ2) is 10.3. The van der Waals surface area contributed by atoms with Gasteiger partial charge in [0.15, 0.2) is 0 Å². The molecule has 0 saturated carbocycles. The average Bonchev–Trinajstić information content (AvgIpc) is 2.64. The minimum atomic E-state index is -0.784. The van der Waals surface area contributed by atoms with E-state index < -0.39 is 5.97 Å². The van der Waals surface area contributed by atoms with Crippen LogP contribution in [0.2, 0.25) is 5.02 Å². The molecule has 1 fully saturated rings. The molecule has 4 nitrogen and oxygen atoms in total. The summed E-state index contributed by atoms with van der Waals surface area (Å²) in [5.41, 5.74) is 3.33. The van der Waals surface area contributed by atoms with Gasteiger partial charge in [-0.15, -0.1) is 0 Å². The quantitative estimate of drug-likeness (QED) is 0.638. The van der Waals surface area contributed by atoms with Crippen molar-refractivity contribution in [1.29, 1.82) is 0 Å². The highest BCUT2D eigenvalue weighted by Crippen LogP contribution is 2.26. The zero-order valence-corrected chi connectivity index (χ0v) is 17.8. The van der Waals surface area contributed by atoms with Crippen LogP contribution < -0.4 is 0 Å². The molecule has 1 saturated heterocycles. The Kier molecular flexibility index (Phi) is 7.80. The lowest BCUT2D eigenvalue weighted by Crippen LogP contribution is -2.43. The number of halogens is 1. The van der Waals surface area contributed by atoms with Crippen LogP contribution >= 0.6 is 23.5 Å². The number of rotatable bonds is 8. The predicted octanol–water partition coefficient (Wildman–Crippen LogP) is 4.53. The van der Waals surface area contributed by atoms with Gasteiger partial charge in [-0.25, -0.2) is 4.31 Å². The van der Waals surface area contributed by atoms with Gasteiger partial charge in [-0.2, -0.15) is 0 Å². The van der Waals surface area contributed by atoms with Crippen LogP contribution in [0.1, 0.15) is 23.1 Å². The molecule has 150 valence electrons. The van der Waals surface area contributed by atoms with Crippen LogP contribution in [0.4, 0.5) is 0 Å². The average molecular weight is 419 g/mol. The van der Waals surface area contributed by atoms with Crippen molar-refractivity contribution in [1.82, 2.24) is 9.21 Å². The molecule has 1 heterocycles. The molecule has 6 heteroatoms. The SMILES string of the molecule is Cc1cc(CC(=O)O)cc(SN2CCN(CCCc3ccc(Cl)cc3)CC2)c1. The standard InChI is InChI=1S/C22H27ClN2O2S/c1-17-13-19(16-22(26)27)15-21(14-17)28-25-11-9-24(10-12-25)8-2-3-18-4-6-20(23)7-5-18/h4-7,13-15H,2-3,8-12,16H2,1H3,(H,26,27). The van der Waals surface area contributed by atoms with Gasteiger partial charge in [0.2, 0.25) is 0 Å². The van der Waals surface area contributed by atoms with Crippen molar-refractivity contribution in [2.45, 2.75) is 31.1 Å². The number of hydrogen-bond acceptors (Lipinski definition) is 4. The summed E-state index contributed by atoms with van der Waals surface area (Å²) in [7, 11) is 0. The first-order chi connectivity index (χ1) is 13.5. The van der Waals surface area contributed by atoms with Gasteiger partial charge in [0, 0.05) is 36.1 Å². The summed E-state index contributed by atoms with van der Waals surface area (Å²) in [4.78, 5) is 14.6. The third kappa shape index (κ3) is 6.82. The van der Waals surface area contributed by atoms with Crippen molar-refractivity contribution in [3.8, 4) is 0 Å². The fraction of sp³-hybridized carbons (Fsp3) is 0.409. The number of carboxylic acids is 1. The van der Waals surface area contributed by atoms with Crippen LogP contribution in [-0.4, -0.2) is 53.0 Å². The zero-order valence-electron chi connectivity index (χ0n) is 16.2. The Hall–Kier alpha value is -1.53. The zero-order chi connectivity index (χ0) is 19.9. The molecule has 0 aliphatic carbocycles. The first kappa shape index (κ1) is 21.2. The molecule has 3 rings (SSSR count). The Bertz CT molecular complexity index is 790. The second-order valence-electron chi connectivity index (χ2n) is 7.32. The topological polar surface area (TPSA) is 43.8 Å². The molecule has 1 aliphatic rings. The number of carboxylic acid groups (broad SMARTS) is 1. The number of aliphatic carboxylic acids is 1. The summed E-state index contributed by atoms with van der Waals surface area (Å²) in [6.07, 6.45) is 2.32. The van der Waals surface area contributed by atoms with Gasteiger partial charge >= 0.3 is 5.97 Å². The van der Waals surface area contributed by atoms with E-state index in [1.54, 1.807) is 11.9 Å². The smallest absolute Gasteiger partial charge is 0.307 e. The fourth-order valence-corrected chi connectivity index (χ4v) is 4.72. The highest BCUT2D eigenvalue weighted by Gasteiger charge is 2.18. The first-order valence-electron chi connectivity index (χ1n) is 9.70. The predicted molar refractivity (Wildman–Crippen MR) is 116 cm³/mol. The van der Waals surface area contributed by atoms with Gasteiger partial charge in [-0.1, -0.05) is 29.8 Å². The molecular formula is C22H27ClN2O2S. The molecule has 2 aromatic rings. The van der Waals surface area contributed by atoms with Crippen LogP contribution in [0.3, 0.4) is 0 Å². The number of carbonyl (C=O) groups is 1. The molecule has 0 bridgehead atoms. The van der Waals surface area contributed by atoms with E-state index in [0.717, 1.165) is 66.6 Å². The van der Waals surface area contributed by atoms with Crippen molar-refractivity contribution in [2.24, 2.45) is 0 Å². The summed E-state index contributed by atoms with van der Waals surface area (Å²) < 4.78 is 2.38. The number of piperazine rings is 1. The summed E-state index contributed by atoms with van der Waals surface area (Å²) in [6, 6.07) is 14.2. The van der Waals surface area contributed by atoms with Gasteiger partial charge in [0.25, 0.3) is 0 Å². The molecule has 2 aromatic carbocycles. The van der Waals surface area contributed by atoms with Gasteiger partial charge in [-0.3, -0.25) is 4.79 Å². The van der Waals surface area contributed by atoms with Crippen molar-refractivity contribution in [2.75, 3.05) is 32.7 Å². The van der Waals surface area contributed by atoms with Crippen molar-refractivity contribution >= 4 is 29.5 Å². The van der Waals surface area contributed by atoms with Gasteiger partial charge in [0.1, 0.15) is 0 Å². The van der Waals surface area contributed by atoms with E-state index in [2.05, 4.69) is 27.4 Å². The van der Waals surface area contributed by atoms with Crippen molar-refractivity contribution in [3.05, 3.63) is 64.2 Å². The lowest BCUT2D eigenvalue weighted by molar-refractivity contribution is -0.136. The summed E-state index contributed by atoms with van der Waals surface area (Å²) >= 11 is 7.68. The van der Waals surface area contributed by atoms with Crippen LogP contribution in [-0.2, 0) is 17.6 Å². The van der Waals surface area contributed by atoms with Crippen molar-refractivity contribution < 1.29 is 9.90 Å². The maximum atomic E-state index is 11.0. The Morgan fingerprint density at radius 3 is 2.46 bits per heavy atom. The summed E-state index contributed by atoms with van der Waals surface area (Å²) in [6.45, 7) is 7.33. The molecule has 1 aliphatic heterocycles. The van der Waals surface area contributed by atoms with Gasteiger partial charge in [0.05, 0.1) is 6.42 Å². The lowest BCUT2D eigenvalue weighted by atomic mass is 10.1. The highest BCUT2D eigenvalue weighted by atomic mass is 35.5. The summed E-state index contributed by atoms with van der Waals surface area (Å²) in [5.74, 6) is -0.784. The van der Waals surface area contributed by atoms with Gasteiger partial charge in [-0.05, 0) is 79.2 Å². The Morgan fingerprint density at radius 2 is 1.79 bits per heavy atom. The van der Waals surface area contributed by atoms with Crippen LogP contribution in [0.25, 0.3) is 0 Å². The minimum Gasteiger partial charge on any atom is -0.481 e. The summed E-state index contributed by atoms with van der Waals surface area (Å²) in [5, 5.41) is 9.82. The molecular weight excluding hydrogens is 392 g/mol. The highest BCUT2D eigenvalue weighted by molar-refractivity contribution is 7.97. The Morgan fingerprint density at radius 1 is 1.07 bits per heavy atom. The number of nitrogens with zero attached hydrogens (tertiary/aromatic N) is 2. The molecule has 0 unspecified atom stereocenters. The molecule has 28 heavy (non-hydrogen) atoms. The molecule has 0 radical (unpaired) electrons. The minimum absolute atomic E-state index is 0.0800. The molecule has 0 atom stereocenters. The van der Waals surface area contributed by atoms with E-state index in [1.807, 2.05) is 31.2 Å². The van der Waals surface area contributed by atoms with E-state index >= 15 is 0 Å².